The molecule has 8 heteroatoms. The Labute approximate surface area is 224 Å². The zero-order valence-corrected chi connectivity index (χ0v) is 22.0. The van der Waals surface area contributed by atoms with Crippen molar-refractivity contribution in [1.29, 1.82) is 0 Å². The Morgan fingerprint density at radius 3 is 2.39 bits per heavy atom. The fourth-order valence-electron chi connectivity index (χ4n) is 5.31. The predicted octanol–water partition coefficient (Wildman–Crippen LogP) is 3.60. The van der Waals surface area contributed by atoms with E-state index in [9.17, 15) is 18.8 Å². The quantitative estimate of drug-likeness (QED) is 0.608. The summed E-state index contributed by atoms with van der Waals surface area (Å²) in [5.41, 5.74) is 1.72. The molecule has 38 heavy (non-hydrogen) atoms. The van der Waals surface area contributed by atoms with Crippen LogP contribution in [0.1, 0.15) is 54.4 Å². The average molecular weight is 523 g/mol. The minimum Gasteiger partial charge on any atom is -0.356 e. The lowest BCUT2D eigenvalue weighted by atomic mass is 9.94. The molecule has 2 heterocycles. The van der Waals surface area contributed by atoms with Gasteiger partial charge in [-0.1, -0.05) is 30.3 Å². The second-order valence-electron chi connectivity index (χ2n) is 10.5. The molecular weight excluding hydrogens is 483 g/mol. The van der Waals surface area contributed by atoms with Crippen LogP contribution < -0.4 is 10.6 Å². The topological polar surface area (TPSA) is 81.8 Å². The third-order valence-electron chi connectivity index (χ3n) is 7.67. The first kappa shape index (κ1) is 27.8. The van der Waals surface area contributed by atoms with Crippen molar-refractivity contribution in [1.82, 2.24) is 20.4 Å². The maximum atomic E-state index is 13.1. The molecule has 0 spiro atoms. The number of carbonyl (C=O) groups excluding carboxylic acids is 3. The third kappa shape index (κ3) is 8.38. The molecule has 0 saturated carbocycles. The van der Waals surface area contributed by atoms with E-state index in [1.165, 1.54) is 12.1 Å². The summed E-state index contributed by atoms with van der Waals surface area (Å²) in [6.45, 7) is 4.75. The van der Waals surface area contributed by atoms with Crippen molar-refractivity contribution >= 4 is 17.7 Å². The monoisotopic (exact) mass is 522 g/mol. The average Bonchev–Trinajstić information content (AvgIpc) is 2.98. The van der Waals surface area contributed by atoms with Gasteiger partial charge in [0.05, 0.1) is 0 Å². The first-order valence-corrected chi connectivity index (χ1v) is 13.8. The number of amides is 3. The summed E-state index contributed by atoms with van der Waals surface area (Å²) in [5, 5.41) is 6.09. The number of carbonyl (C=O) groups is 3. The molecule has 2 aromatic rings. The van der Waals surface area contributed by atoms with Gasteiger partial charge in [0.2, 0.25) is 11.8 Å². The Kier molecular flexibility index (Phi) is 10.3. The van der Waals surface area contributed by atoms with Crippen LogP contribution in [0.4, 0.5) is 4.39 Å². The Hall–Kier alpha value is -3.26. The smallest absolute Gasteiger partial charge is 0.253 e. The van der Waals surface area contributed by atoms with Gasteiger partial charge in [-0.3, -0.25) is 19.3 Å². The van der Waals surface area contributed by atoms with Crippen LogP contribution in [0.3, 0.4) is 0 Å². The molecule has 1 atom stereocenters. The van der Waals surface area contributed by atoms with E-state index in [-0.39, 0.29) is 35.9 Å². The molecule has 2 aliphatic heterocycles. The summed E-state index contributed by atoms with van der Waals surface area (Å²) < 4.78 is 13.1. The van der Waals surface area contributed by atoms with Gasteiger partial charge in [0.25, 0.3) is 5.91 Å². The van der Waals surface area contributed by atoms with E-state index in [0.29, 0.717) is 56.9 Å². The van der Waals surface area contributed by atoms with Crippen LogP contribution in [0.2, 0.25) is 0 Å². The maximum absolute atomic E-state index is 13.1. The molecule has 0 aliphatic carbocycles. The molecule has 0 bridgehead atoms. The standard InChI is InChI=1S/C30H39FN4O3/c31-27-10-8-24(9-11-27)22-34-18-13-23(14-19-34)21-33-29(37)25-7-4-17-35(20-15-28(36)32-16-12-25)30(38)26-5-2-1-3-6-26/h1-3,5-6,8-11,23,25H,4,7,12-22H2,(H,32,36)(H,33,37). The first-order chi connectivity index (χ1) is 18.5. The summed E-state index contributed by atoms with van der Waals surface area (Å²) in [7, 11) is 0. The first-order valence-electron chi connectivity index (χ1n) is 13.8. The van der Waals surface area contributed by atoms with Gasteiger partial charge in [0.15, 0.2) is 0 Å². The number of halogens is 1. The second kappa shape index (κ2) is 14.0. The number of hydrogen-bond acceptors (Lipinski definition) is 4. The van der Waals surface area contributed by atoms with Crippen molar-refractivity contribution in [3.63, 3.8) is 0 Å². The van der Waals surface area contributed by atoms with Gasteiger partial charge in [-0.2, -0.15) is 0 Å². The summed E-state index contributed by atoms with van der Waals surface area (Å²) >= 11 is 0. The molecule has 7 nitrogen and oxygen atoms in total. The van der Waals surface area contributed by atoms with Crippen LogP contribution in [0.5, 0.6) is 0 Å². The third-order valence-corrected chi connectivity index (χ3v) is 7.67. The van der Waals surface area contributed by atoms with Crippen LogP contribution in [0.25, 0.3) is 0 Å². The van der Waals surface area contributed by atoms with Crippen molar-refractivity contribution < 1.29 is 18.8 Å². The maximum Gasteiger partial charge on any atom is 0.253 e. The van der Waals surface area contributed by atoms with Gasteiger partial charge in [0, 0.05) is 50.6 Å². The van der Waals surface area contributed by atoms with Crippen LogP contribution >= 0.6 is 0 Å². The minimum atomic E-state index is -0.213. The molecule has 4 rings (SSSR count). The van der Waals surface area contributed by atoms with E-state index in [2.05, 4.69) is 15.5 Å². The van der Waals surface area contributed by atoms with Gasteiger partial charge in [0.1, 0.15) is 5.82 Å². The van der Waals surface area contributed by atoms with E-state index in [0.717, 1.165) is 38.0 Å². The molecule has 204 valence electrons. The highest BCUT2D eigenvalue weighted by Gasteiger charge is 2.24. The molecule has 2 N–H and O–H groups in total. The summed E-state index contributed by atoms with van der Waals surface area (Å²) in [4.78, 5) is 42.5. The summed E-state index contributed by atoms with van der Waals surface area (Å²) in [5.74, 6) is -0.109. The van der Waals surface area contributed by atoms with E-state index >= 15 is 0 Å². The van der Waals surface area contributed by atoms with E-state index in [1.807, 2.05) is 30.3 Å². The Morgan fingerprint density at radius 1 is 0.921 bits per heavy atom. The van der Waals surface area contributed by atoms with Crippen molar-refractivity contribution in [3.05, 3.63) is 71.5 Å². The molecule has 2 fully saturated rings. The van der Waals surface area contributed by atoms with E-state index in [1.54, 1.807) is 17.0 Å². The van der Waals surface area contributed by atoms with Crippen LogP contribution in [0, 0.1) is 17.7 Å². The fraction of sp³-hybridized carbons (Fsp3) is 0.500. The number of hydrogen-bond donors (Lipinski definition) is 2. The predicted molar refractivity (Wildman–Crippen MR) is 145 cm³/mol. The van der Waals surface area contributed by atoms with Crippen LogP contribution in [-0.2, 0) is 16.1 Å². The lowest BCUT2D eigenvalue weighted by Gasteiger charge is -2.32. The number of piperidine rings is 1. The Morgan fingerprint density at radius 2 is 1.66 bits per heavy atom. The molecular formula is C30H39FN4O3. The lowest BCUT2D eigenvalue weighted by Crippen LogP contribution is -2.40. The van der Waals surface area contributed by atoms with E-state index in [4.69, 9.17) is 0 Å². The molecule has 2 aliphatic rings. The number of benzene rings is 2. The fourth-order valence-corrected chi connectivity index (χ4v) is 5.31. The van der Waals surface area contributed by atoms with Crippen molar-refractivity contribution in [2.24, 2.45) is 11.8 Å². The number of nitrogens with one attached hydrogen (secondary N) is 2. The Bertz CT molecular complexity index is 1050. The molecule has 0 aromatic heterocycles. The normalized spacial score (nSPS) is 20.3. The van der Waals surface area contributed by atoms with Gasteiger partial charge in [-0.15, -0.1) is 0 Å². The number of rotatable bonds is 6. The largest absolute Gasteiger partial charge is 0.356 e. The molecule has 2 saturated heterocycles. The van der Waals surface area contributed by atoms with Crippen molar-refractivity contribution in [2.75, 3.05) is 39.3 Å². The summed E-state index contributed by atoms with van der Waals surface area (Å²) in [6, 6.07) is 15.8. The van der Waals surface area contributed by atoms with Crippen LogP contribution in [-0.4, -0.2) is 66.8 Å². The zero-order valence-electron chi connectivity index (χ0n) is 22.0. The molecule has 0 radical (unpaired) electrons. The Balaban J connectivity index is 1.23. The van der Waals surface area contributed by atoms with Crippen molar-refractivity contribution in [3.8, 4) is 0 Å². The van der Waals surface area contributed by atoms with E-state index < -0.39 is 0 Å². The summed E-state index contributed by atoms with van der Waals surface area (Å²) in [6.07, 6.45) is 4.27. The van der Waals surface area contributed by atoms with Gasteiger partial charge in [-0.05, 0) is 80.9 Å². The number of nitrogens with zero attached hydrogens (tertiary/aromatic N) is 2. The number of likely N-dealkylation sites (tertiary alicyclic amines) is 1. The molecule has 2 aromatic carbocycles. The molecule has 3 amide bonds. The zero-order chi connectivity index (χ0) is 26.7. The van der Waals surface area contributed by atoms with Crippen LogP contribution in [0.15, 0.2) is 54.6 Å². The van der Waals surface area contributed by atoms with Gasteiger partial charge in [-0.25, -0.2) is 4.39 Å². The lowest BCUT2D eigenvalue weighted by molar-refractivity contribution is -0.126. The highest BCUT2D eigenvalue weighted by atomic mass is 19.1. The SMILES string of the molecule is O=C1CCN(C(=O)c2ccccc2)CCCC(C(=O)NCC2CCN(Cc3ccc(F)cc3)CC2)CCN1. The van der Waals surface area contributed by atoms with Gasteiger partial charge >= 0.3 is 0 Å². The second-order valence-corrected chi connectivity index (χ2v) is 10.5. The molecule has 1 unspecified atom stereocenters. The van der Waals surface area contributed by atoms with Crippen molar-refractivity contribution in [2.45, 2.75) is 45.1 Å². The van der Waals surface area contributed by atoms with Gasteiger partial charge < -0.3 is 15.5 Å². The minimum absolute atomic E-state index is 0.0353. The highest BCUT2D eigenvalue weighted by Crippen LogP contribution is 2.20. The highest BCUT2D eigenvalue weighted by molar-refractivity contribution is 5.94.